The van der Waals surface area contributed by atoms with E-state index in [0.717, 1.165) is 5.56 Å². The zero-order chi connectivity index (χ0) is 15.4. The minimum atomic E-state index is -0.531. The van der Waals surface area contributed by atoms with Gasteiger partial charge in [0.1, 0.15) is 0 Å². The van der Waals surface area contributed by atoms with Crippen molar-refractivity contribution in [3.05, 3.63) is 58.9 Å². The molecule has 2 aromatic carbocycles. The van der Waals surface area contributed by atoms with Crippen molar-refractivity contribution < 1.29 is 13.9 Å². The third-order valence-corrected chi connectivity index (χ3v) is 3.03. The first kappa shape index (κ1) is 14.5. The first-order valence-electron chi connectivity index (χ1n) is 6.21. The van der Waals surface area contributed by atoms with Gasteiger partial charge in [-0.1, -0.05) is 6.07 Å². The van der Waals surface area contributed by atoms with E-state index < -0.39 is 11.7 Å². The van der Waals surface area contributed by atoms with Crippen molar-refractivity contribution in [1.29, 1.82) is 5.26 Å². The summed E-state index contributed by atoms with van der Waals surface area (Å²) < 4.78 is 18.2. The maximum Gasteiger partial charge on any atom is 0.255 e. The average molecular weight is 284 g/mol. The minimum Gasteiger partial charge on any atom is -0.494 e. The Kier molecular flexibility index (Phi) is 4.19. The van der Waals surface area contributed by atoms with Gasteiger partial charge in [-0.2, -0.15) is 5.26 Å². The molecule has 0 radical (unpaired) electrons. The van der Waals surface area contributed by atoms with E-state index in [0.29, 0.717) is 11.3 Å². The Morgan fingerprint density at radius 3 is 2.71 bits per heavy atom. The third-order valence-electron chi connectivity index (χ3n) is 3.03. The van der Waals surface area contributed by atoms with Gasteiger partial charge in [-0.05, 0) is 42.8 Å². The number of anilines is 1. The summed E-state index contributed by atoms with van der Waals surface area (Å²) in [6, 6.07) is 10.9. The Morgan fingerprint density at radius 2 is 2.05 bits per heavy atom. The van der Waals surface area contributed by atoms with Crippen LogP contribution >= 0.6 is 0 Å². The van der Waals surface area contributed by atoms with Gasteiger partial charge in [0.05, 0.1) is 18.7 Å². The van der Waals surface area contributed by atoms with Crippen molar-refractivity contribution in [1.82, 2.24) is 0 Å². The van der Waals surface area contributed by atoms with Gasteiger partial charge in [0.25, 0.3) is 5.91 Å². The number of amides is 1. The van der Waals surface area contributed by atoms with Crippen LogP contribution < -0.4 is 10.1 Å². The molecule has 21 heavy (non-hydrogen) atoms. The highest BCUT2D eigenvalue weighted by Crippen LogP contribution is 2.21. The van der Waals surface area contributed by atoms with Crippen molar-refractivity contribution in [3.8, 4) is 11.8 Å². The highest BCUT2D eigenvalue weighted by molar-refractivity contribution is 6.05. The van der Waals surface area contributed by atoms with Gasteiger partial charge in [-0.15, -0.1) is 0 Å². The maximum absolute atomic E-state index is 13.3. The highest BCUT2D eigenvalue weighted by atomic mass is 19.1. The Bertz CT molecular complexity index is 736. The number of aryl methyl sites for hydroxylation is 1. The molecule has 0 fully saturated rings. The van der Waals surface area contributed by atoms with Gasteiger partial charge in [-0.25, -0.2) is 4.39 Å². The number of ether oxygens (including phenoxy) is 1. The molecule has 2 rings (SSSR count). The molecule has 0 aromatic heterocycles. The second kappa shape index (κ2) is 6.06. The van der Waals surface area contributed by atoms with E-state index in [9.17, 15) is 9.18 Å². The summed E-state index contributed by atoms with van der Waals surface area (Å²) in [5.41, 5.74) is 2.10. The predicted molar refractivity (Wildman–Crippen MR) is 76.8 cm³/mol. The number of hydrogen-bond acceptors (Lipinski definition) is 3. The number of benzene rings is 2. The van der Waals surface area contributed by atoms with Gasteiger partial charge in [0, 0.05) is 11.3 Å². The molecule has 0 heterocycles. The van der Waals surface area contributed by atoms with Crippen LogP contribution in [0, 0.1) is 24.1 Å². The first-order valence-corrected chi connectivity index (χ1v) is 6.21. The number of nitriles is 1. The number of nitrogens with zero attached hydrogens (tertiary/aromatic N) is 1. The van der Waals surface area contributed by atoms with Crippen LogP contribution in [-0.4, -0.2) is 13.0 Å². The minimum absolute atomic E-state index is 0.00477. The summed E-state index contributed by atoms with van der Waals surface area (Å²) in [4.78, 5) is 12.2. The largest absolute Gasteiger partial charge is 0.494 e. The van der Waals surface area contributed by atoms with Crippen molar-refractivity contribution in [2.24, 2.45) is 0 Å². The summed E-state index contributed by atoms with van der Waals surface area (Å²) in [5.74, 6) is -0.923. The maximum atomic E-state index is 13.3. The van der Waals surface area contributed by atoms with Crippen LogP contribution in [0.1, 0.15) is 21.5 Å². The smallest absolute Gasteiger partial charge is 0.255 e. The lowest BCUT2D eigenvalue weighted by atomic mass is 10.1. The summed E-state index contributed by atoms with van der Waals surface area (Å²) in [6.45, 7) is 1.82. The summed E-state index contributed by atoms with van der Waals surface area (Å²) >= 11 is 0. The second-order valence-electron chi connectivity index (χ2n) is 4.44. The zero-order valence-electron chi connectivity index (χ0n) is 11.6. The Labute approximate surface area is 121 Å². The Hall–Kier alpha value is -2.87. The molecule has 0 bridgehead atoms. The van der Waals surface area contributed by atoms with Crippen molar-refractivity contribution in [3.63, 3.8) is 0 Å². The van der Waals surface area contributed by atoms with Gasteiger partial charge < -0.3 is 10.1 Å². The summed E-state index contributed by atoms with van der Waals surface area (Å²) in [7, 11) is 1.33. The molecule has 0 atom stereocenters. The molecule has 4 nitrogen and oxygen atoms in total. The Morgan fingerprint density at radius 1 is 1.29 bits per heavy atom. The number of halogens is 1. The van der Waals surface area contributed by atoms with Crippen molar-refractivity contribution >= 4 is 11.6 Å². The van der Waals surface area contributed by atoms with Crippen molar-refractivity contribution in [2.45, 2.75) is 6.92 Å². The molecule has 2 aromatic rings. The van der Waals surface area contributed by atoms with Crippen LogP contribution in [0.3, 0.4) is 0 Å². The van der Waals surface area contributed by atoms with Gasteiger partial charge in [0.2, 0.25) is 0 Å². The molecule has 106 valence electrons. The molecule has 0 aliphatic carbocycles. The predicted octanol–water partition coefficient (Wildman–Crippen LogP) is 3.27. The van der Waals surface area contributed by atoms with E-state index >= 15 is 0 Å². The monoisotopic (exact) mass is 284 g/mol. The van der Waals surface area contributed by atoms with Crippen LogP contribution in [-0.2, 0) is 0 Å². The van der Waals surface area contributed by atoms with Crippen LogP contribution in [0.4, 0.5) is 10.1 Å². The fraction of sp³-hybridized carbons (Fsp3) is 0.125. The van der Waals surface area contributed by atoms with Crippen LogP contribution in [0.5, 0.6) is 5.75 Å². The highest BCUT2D eigenvalue weighted by Gasteiger charge is 2.11. The number of hydrogen-bond donors (Lipinski definition) is 1. The molecule has 1 amide bonds. The third kappa shape index (κ3) is 3.18. The second-order valence-corrected chi connectivity index (χ2v) is 4.44. The zero-order valence-corrected chi connectivity index (χ0v) is 11.6. The lowest BCUT2D eigenvalue weighted by molar-refractivity contribution is 0.102. The SMILES string of the molecule is COc1cc(C(=O)Nc2cc(C#N)ccc2C)ccc1F. The molecule has 0 saturated heterocycles. The number of carbonyl (C=O) groups excluding carboxylic acids is 1. The molecule has 5 heteroatoms. The van der Waals surface area contributed by atoms with E-state index in [1.54, 1.807) is 18.2 Å². The number of carbonyl (C=O) groups is 1. The molecule has 1 N–H and O–H groups in total. The molecule has 0 spiro atoms. The lowest BCUT2D eigenvalue weighted by Crippen LogP contribution is -2.13. The molecule has 0 saturated carbocycles. The Balaban J connectivity index is 2.28. The van der Waals surface area contributed by atoms with Crippen LogP contribution in [0.15, 0.2) is 36.4 Å². The molecule has 0 unspecified atom stereocenters. The van der Waals surface area contributed by atoms with Gasteiger partial charge in [-0.3, -0.25) is 4.79 Å². The summed E-state index contributed by atoms with van der Waals surface area (Å²) in [5, 5.41) is 11.6. The number of methoxy groups -OCH3 is 1. The average Bonchev–Trinajstić information content (AvgIpc) is 2.49. The van der Waals surface area contributed by atoms with Crippen LogP contribution in [0.25, 0.3) is 0 Å². The fourth-order valence-electron chi connectivity index (χ4n) is 1.82. The van der Waals surface area contributed by atoms with E-state index in [4.69, 9.17) is 10.00 Å². The number of nitrogens with one attached hydrogen (secondary N) is 1. The summed E-state index contributed by atoms with van der Waals surface area (Å²) in [6.07, 6.45) is 0. The van der Waals surface area contributed by atoms with E-state index in [-0.39, 0.29) is 11.3 Å². The quantitative estimate of drug-likeness (QED) is 0.941. The molecule has 0 aliphatic rings. The van der Waals surface area contributed by atoms with E-state index in [1.165, 1.54) is 25.3 Å². The lowest BCUT2D eigenvalue weighted by Gasteiger charge is -2.10. The van der Waals surface area contributed by atoms with E-state index in [1.807, 2.05) is 13.0 Å². The number of rotatable bonds is 3. The first-order chi connectivity index (χ1) is 10.0. The van der Waals surface area contributed by atoms with Crippen LogP contribution in [0.2, 0.25) is 0 Å². The topological polar surface area (TPSA) is 62.1 Å². The van der Waals surface area contributed by atoms with Gasteiger partial charge >= 0.3 is 0 Å². The van der Waals surface area contributed by atoms with Gasteiger partial charge in [0.15, 0.2) is 11.6 Å². The molecular formula is C16H13FN2O2. The van der Waals surface area contributed by atoms with E-state index in [2.05, 4.69) is 5.32 Å². The normalized spacial score (nSPS) is 9.81. The molecular weight excluding hydrogens is 271 g/mol. The standard InChI is InChI=1S/C16H13FN2O2/c1-10-3-4-11(9-18)7-14(10)19-16(20)12-5-6-13(17)15(8-12)21-2/h3-8H,1-2H3,(H,19,20). The van der Waals surface area contributed by atoms with Crippen molar-refractivity contribution in [2.75, 3.05) is 12.4 Å². The molecule has 0 aliphatic heterocycles. The fourth-order valence-corrected chi connectivity index (χ4v) is 1.82.